The fourth-order valence-electron chi connectivity index (χ4n) is 2.78. The number of carbonyl (C=O) groups excluding carboxylic acids is 1. The van der Waals surface area contributed by atoms with E-state index >= 15 is 0 Å². The number of carbonyl (C=O) groups is 2. The summed E-state index contributed by atoms with van der Waals surface area (Å²) >= 11 is 0. The van der Waals surface area contributed by atoms with Gasteiger partial charge >= 0.3 is 11.9 Å². The van der Waals surface area contributed by atoms with Crippen molar-refractivity contribution in [3.8, 4) is 0 Å². The lowest BCUT2D eigenvalue weighted by molar-refractivity contribution is -0.150. The molecule has 0 saturated heterocycles. The highest BCUT2D eigenvalue weighted by Crippen LogP contribution is 2.34. The second-order valence-corrected chi connectivity index (χ2v) is 6.18. The number of carboxylic acids is 1. The monoisotopic (exact) mass is 365 g/mol. The van der Waals surface area contributed by atoms with E-state index in [9.17, 15) is 14.7 Å². The predicted octanol–water partition coefficient (Wildman–Crippen LogP) is 4.26. The van der Waals surface area contributed by atoms with Gasteiger partial charge in [-0.1, -0.05) is 49.4 Å². The van der Waals surface area contributed by atoms with Crippen molar-refractivity contribution >= 4 is 18.0 Å². The Morgan fingerprint density at radius 3 is 2.41 bits per heavy atom. The van der Waals surface area contributed by atoms with Gasteiger partial charge in [0.1, 0.15) is 0 Å². The van der Waals surface area contributed by atoms with Gasteiger partial charge in [0.2, 0.25) is 0 Å². The summed E-state index contributed by atoms with van der Waals surface area (Å²) in [6.45, 7) is 8.93. The van der Waals surface area contributed by atoms with Gasteiger partial charge in [-0.3, -0.25) is 4.79 Å². The molecule has 0 aliphatic rings. The summed E-state index contributed by atoms with van der Waals surface area (Å²) in [5.41, 5.74) is 1.67. The van der Waals surface area contributed by atoms with Crippen molar-refractivity contribution in [1.82, 2.24) is 4.98 Å². The van der Waals surface area contributed by atoms with E-state index in [-0.39, 0.29) is 5.57 Å². The quantitative estimate of drug-likeness (QED) is 0.451. The third-order valence-electron chi connectivity index (χ3n) is 4.20. The van der Waals surface area contributed by atoms with Gasteiger partial charge in [-0.2, -0.15) is 0 Å². The molecule has 0 radical (unpaired) electrons. The minimum absolute atomic E-state index is 0.242. The van der Waals surface area contributed by atoms with E-state index in [1.165, 1.54) is 19.1 Å². The third kappa shape index (κ3) is 4.50. The molecule has 2 aromatic rings. The third-order valence-corrected chi connectivity index (χ3v) is 4.20. The molecule has 0 aliphatic carbocycles. The lowest BCUT2D eigenvalue weighted by atomic mass is 9.88. The topological polar surface area (TPSA) is 76.5 Å². The molecule has 1 aromatic carbocycles. The first-order chi connectivity index (χ1) is 12.8. The number of carboxylic acid groups (broad SMARTS) is 1. The zero-order chi connectivity index (χ0) is 20.0. The number of aromatic nitrogens is 1. The van der Waals surface area contributed by atoms with Crippen molar-refractivity contribution in [2.75, 3.05) is 0 Å². The van der Waals surface area contributed by atoms with E-state index in [0.29, 0.717) is 23.4 Å². The maximum atomic E-state index is 11.8. The van der Waals surface area contributed by atoms with Gasteiger partial charge in [-0.05, 0) is 37.6 Å². The second kappa shape index (κ2) is 8.45. The van der Waals surface area contributed by atoms with E-state index in [1.807, 2.05) is 31.2 Å². The molecule has 1 aromatic heterocycles. The summed E-state index contributed by atoms with van der Waals surface area (Å²) in [7, 11) is 0. The van der Waals surface area contributed by atoms with Crippen LogP contribution in [0.15, 0.2) is 60.7 Å². The Hall–Kier alpha value is -3.21. The molecular formula is C22H23NO4. The Morgan fingerprint density at radius 2 is 1.89 bits per heavy atom. The van der Waals surface area contributed by atoms with Crippen LogP contribution in [0.5, 0.6) is 0 Å². The van der Waals surface area contributed by atoms with Gasteiger partial charge in [0.15, 0.2) is 5.60 Å². The van der Waals surface area contributed by atoms with Gasteiger partial charge in [0.25, 0.3) is 0 Å². The second-order valence-electron chi connectivity index (χ2n) is 6.18. The van der Waals surface area contributed by atoms with Crippen LogP contribution >= 0.6 is 0 Å². The number of ether oxygens (including phenoxy) is 1. The number of esters is 1. The molecular weight excluding hydrogens is 342 g/mol. The Kier molecular flexibility index (Phi) is 6.29. The van der Waals surface area contributed by atoms with Crippen LogP contribution in [0.25, 0.3) is 6.08 Å². The van der Waals surface area contributed by atoms with Crippen molar-refractivity contribution in [2.45, 2.75) is 32.8 Å². The minimum atomic E-state index is -1.26. The summed E-state index contributed by atoms with van der Waals surface area (Å²) in [5, 5.41) is 9.25. The number of nitrogens with zero attached hydrogens (tertiary/aromatic N) is 1. The van der Waals surface area contributed by atoms with Crippen LogP contribution in [-0.2, 0) is 19.9 Å². The van der Waals surface area contributed by atoms with Gasteiger partial charge in [0, 0.05) is 18.1 Å². The zero-order valence-electron chi connectivity index (χ0n) is 15.7. The fourth-order valence-corrected chi connectivity index (χ4v) is 2.78. The molecule has 2 rings (SSSR count). The van der Waals surface area contributed by atoms with E-state index in [0.717, 1.165) is 5.56 Å². The molecule has 0 spiro atoms. The first kappa shape index (κ1) is 20.1. The molecule has 0 saturated carbocycles. The molecule has 0 aliphatic heterocycles. The van der Waals surface area contributed by atoms with Crippen LogP contribution in [0.4, 0.5) is 0 Å². The Bertz CT molecular complexity index is 883. The molecule has 140 valence electrons. The number of pyridine rings is 1. The van der Waals surface area contributed by atoms with Gasteiger partial charge in [0.05, 0.1) is 11.4 Å². The van der Waals surface area contributed by atoms with Crippen LogP contribution < -0.4 is 0 Å². The van der Waals surface area contributed by atoms with Crippen LogP contribution in [-0.4, -0.2) is 22.0 Å². The SMILES string of the molecule is C=CC(OC(C)=O)(c1ccc(C)cc1)c1cccc(C=C(CC)C(=O)O)n1. The molecule has 1 N–H and O–H groups in total. The molecule has 1 atom stereocenters. The summed E-state index contributed by atoms with van der Waals surface area (Å²) in [6.07, 6.45) is 3.42. The van der Waals surface area contributed by atoms with E-state index in [1.54, 1.807) is 25.1 Å². The number of aliphatic carboxylic acids is 1. The van der Waals surface area contributed by atoms with Gasteiger partial charge in [-0.25, -0.2) is 9.78 Å². The van der Waals surface area contributed by atoms with Crippen molar-refractivity contribution in [3.05, 3.63) is 83.2 Å². The number of hydrogen-bond donors (Lipinski definition) is 1. The highest BCUT2D eigenvalue weighted by molar-refractivity contribution is 5.91. The summed E-state index contributed by atoms with van der Waals surface area (Å²) in [4.78, 5) is 27.7. The number of benzene rings is 1. The summed E-state index contributed by atoms with van der Waals surface area (Å²) < 4.78 is 5.68. The number of rotatable bonds is 7. The average molecular weight is 365 g/mol. The maximum absolute atomic E-state index is 11.8. The smallest absolute Gasteiger partial charge is 0.331 e. The standard InChI is InChI=1S/C22H23NO4/c1-5-17(21(25)26)14-19-8-7-9-20(23-19)22(6-2,27-16(4)24)18-12-10-15(3)11-13-18/h6-14H,2,5H2,1,3-4H3,(H,25,26). The molecule has 1 unspecified atom stereocenters. The predicted molar refractivity (Wildman–Crippen MR) is 104 cm³/mol. The van der Waals surface area contributed by atoms with Crippen molar-refractivity contribution in [1.29, 1.82) is 0 Å². The lowest BCUT2D eigenvalue weighted by Gasteiger charge is -2.30. The minimum Gasteiger partial charge on any atom is -0.478 e. The molecule has 5 nitrogen and oxygen atoms in total. The van der Waals surface area contributed by atoms with E-state index < -0.39 is 17.5 Å². The molecule has 1 heterocycles. The van der Waals surface area contributed by atoms with Crippen molar-refractivity contribution < 1.29 is 19.4 Å². The van der Waals surface area contributed by atoms with Crippen LogP contribution in [0.3, 0.4) is 0 Å². The maximum Gasteiger partial charge on any atom is 0.331 e. The lowest BCUT2D eigenvalue weighted by Crippen LogP contribution is -2.32. The molecule has 0 amide bonds. The highest BCUT2D eigenvalue weighted by Gasteiger charge is 2.36. The largest absolute Gasteiger partial charge is 0.478 e. The van der Waals surface area contributed by atoms with Crippen LogP contribution in [0, 0.1) is 6.92 Å². The Labute approximate surface area is 159 Å². The molecule has 0 bridgehead atoms. The van der Waals surface area contributed by atoms with Gasteiger partial charge in [-0.15, -0.1) is 0 Å². The van der Waals surface area contributed by atoms with E-state index in [4.69, 9.17) is 4.74 Å². The number of aryl methyl sites for hydroxylation is 1. The first-order valence-electron chi connectivity index (χ1n) is 8.64. The number of hydrogen-bond acceptors (Lipinski definition) is 4. The Balaban J connectivity index is 2.65. The fraction of sp³-hybridized carbons (Fsp3) is 0.227. The average Bonchev–Trinajstić information content (AvgIpc) is 2.64. The van der Waals surface area contributed by atoms with Gasteiger partial charge < -0.3 is 9.84 Å². The molecule has 27 heavy (non-hydrogen) atoms. The molecule has 0 fully saturated rings. The first-order valence-corrected chi connectivity index (χ1v) is 8.64. The summed E-state index contributed by atoms with van der Waals surface area (Å²) in [5.74, 6) is -1.46. The highest BCUT2D eigenvalue weighted by atomic mass is 16.6. The van der Waals surface area contributed by atoms with Crippen molar-refractivity contribution in [3.63, 3.8) is 0 Å². The summed E-state index contributed by atoms with van der Waals surface area (Å²) in [6, 6.07) is 12.7. The van der Waals surface area contributed by atoms with Crippen LogP contribution in [0.2, 0.25) is 0 Å². The molecule has 5 heteroatoms. The zero-order valence-corrected chi connectivity index (χ0v) is 15.7. The Morgan fingerprint density at radius 1 is 1.22 bits per heavy atom. The van der Waals surface area contributed by atoms with Crippen molar-refractivity contribution in [2.24, 2.45) is 0 Å². The normalized spacial score (nSPS) is 13.5. The van der Waals surface area contributed by atoms with E-state index in [2.05, 4.69) is 11.6 Å². The van der Waals surface area contributed by atoms with Crippen LogP contribution in [0.1, 0.15) is 42.8 Å².